The molecule has 1 heterocycles. The quantitative estimate of drug-likeness (QED) is 0.905. The number of sulfone groups is 1. The first-order chi connectivity index (χ1) is 9.32. The van der Waals surface area contributed by atoms with E-state index in [0.29, 0.717) is 0 Å². The summed E-state index contributed by atoms with van der Waals surface area (Å²) in [6, 6.07) is 4.86. The molecule has 0 aromatic heterocycles. The van der Waals surface area contributed by atoms with Gasteiger partial charge in [-0.05, 0) is 37.2 Å². The maximum Gasteiger partial charge on any atom is 0.501 e. The van der Waals surface area contributed by atoms with Crippen LogP contribution in [0.1, 0.15) is 6.42 Å². The van der Waals surface area contributed by atoms with E-state index in [1.807, 2.05) is 4.90 Å². The number of rotatable bonds is 2. The maximum absolute atomic E-state index is 12.4. The molecular weight excluding hydrogens is 293 g/mol. The fourth-order valence-corrected chi connectivity index (χ4v) is 2.84. The van der Waals surface area contributed by atoms with Crippen LogP contribution in [0.3, 0.4) is 0 Å². The number of alkyl halides is 3. The summed E-state index contributed by atoms with van der Waals surface area (Å²) in [4.78, 5) is 1.30. The highest BCUT2D eigenvalue weighted by Gasteiger charge is 2.46. The second kappa shape index (κ2) is 5.61. The lowest BCUT2D eigenvalue weighted by Crippen LogP contribution is -2.28. The van der Waals surface area contributed by atoms with Crippen molar-refractivity contribution in [2.75, 3.05) is 31.1 Å². The van der Waals surface area contributed by atoms with E-state index in [4.69, 9.17) is 0 Å². The minimum atomic E-state index is -5.26. The largest absolute Gasteiger partial charge is 0.501 e. The summed E-state index contributed by atoms with van der Waals surface area (Å²) in [6.45, 7) is 3.23. The number of halogens is 3. The molecule has 4 nitrogen and oxygen atoms in total. The van der Waals surface area contributed by atoms with Crippen molar-refractivity contribution in [1.29, 1.82) is 0 Å². The molecule has 0 radical (unpaired) electrons. The van der Waals surface area contributed by atoms with Gasteiger partial charge in [0.15, 0.2) is 0 Å². The van der Waals surface area contributed by atoms with E-state index in [9.17, 15) is 21.6 Å². The fraction of sp³-hybridized carbons (Fsp3) is 0.500. The molecule has 1 saturated heterocycles. The Morgan fingerprint density at radius 2 is 1.70 bits per heavy atom. The van der Waals surface area contributed by atoms with Gasteiger partial charge >= 0.3 is 5.51 Å². The average Bonchev–Trinajstić information content (AvgIpc) is 2.66. The van der Waals surface area contributed by atoms with Crippen molar-refractivity contribution in [3.63, 3.8) is 0 Å². The van der Waals surface area contributed by atoms with E-state index >= 15 is 0 Å². The van der Waals surface area contributed by atoms with Gasteiger partial charge in [0.05, 0.1) is 4.90 Å². The van der Waals surface area contributed by atoms with Gasteiger partial charge in [-0.2, -0.15) is 13.2 Å². The Morgan fingerprint density at radius 3 is 2.30 bits per heavy atom. The predicted molar refractivity (Wildman–Crippen MR) is 69.4 cm³/mol. The summed E-state index contributed by atoms with van der Waals surface area (Å²) in [5.74, 6) is 0. The van der Waals surface area contributed by atoms with Crippen LogP contribution in [0, 0.1) is 0 Å². The summed E-state index contributed by atoms with van der Waals surface area (Å²) in [5, 5.41) is 3.22. The lowest BCUT2D eigenvalue weighted by atomic mass is 10.2. The molecule has 1 N–H and O–H groups in total. The Bertz CT molecular complexity index is 547. The molecule has 1 aromatic carbocycles. The highest BCUT2D eigenvalue weighted by atomic mass is 32.2. The van der Waals surface area contributed by atoms with Gasteiger partial charge in [0.1, 0.15) is 0 Å². The summed E-state index contributed by atoms with van der Waals surface area (Å²) in [5.41, 5.74) is -4.53. The van der Waals surface area contributed by atoms with Crippen molar-refractivity contribution in [3.05, 3.63) is 24.3 Å². The third-order valence-corrected chi connectivity index (χ3v) is 4.66. The number of anilines is 1. The number of hydrogen-bond donors (Lipinski definition) is 1. The molecule has 0 aliphatic carbocycles. The highest BCUT2D eigenvalue weighted by Crippen LogP contribution is 2.31. The van der Waals surface area contributed by atoms with E-state index in [1.54, 1.807) is 0 Å². The van der Waals surface area contributed by atoms with Crippen LogP contribution < -0.4 is 10.2 Å². The van der Waals surface area contributed by atoms with Gasteiger partial charge in [-0.15, -0.1) is 0 Å². The Hall–Kier alpha value is -1.28. The van der Waals surface area contributed by atoms with Crippen molar-refractivity contribution in [2.45, 2.75) is 16.8 Å². The van der Waals surface area contributed by atoms with E-state index in [0.717, 1.165) is 50.4 Å². The van der Waals surface area contributed by atoms with Gasteiger partial charge in [0, 0.05) is 25.3 Å². The van der Waals surface area contributed by atoms with E-state index in [1.165, 1.54) is 12.1 Å². The molecule has 2 rings (SSSR count). The Morgan fingerprint density at radius 1 is 1.05 bits per heavy atom. The normalized spacial score (nSPS) is 17.9. The van der Waals surface area contributed by atoms with Gasteiger partial charge in [0.25, 0.3) is 9.84 Å². The lowest BCUT2D eigenvalue weighted by molar-refractivity contribution is -0.0436. The second-order valence-electron chi connectivity index (χ2n) is 4.53. The summed E-state index contributed by atoms with van der Waals surface area (Å²) >= 11 is 0. The van der Waals surface area contributed by atoms with Gasteiger partial charge in [0.2, 0.25) is 0 Å². The topological polar surface area (TPSA) is 49.4 Å². The molecule has 20 heavy (non-hydrogen) atoms. The first-order valence-corrected chi connectivity index (χ1v) is 7.68. The van der Waals surface area contributed by atoms with Gasteiger partial charge in [-0.3, -0.25) is 0 Å². The number of nitrogens with zero attached hydrogens (tertiary/aromatic N) is 1. The Kier molecular flexibility index (Phi) is 4.24. The van der Waals surface area contributed by atoms with Crippen LogP contribution in [0.2, 0.25) is 0 Å². The average molecular weight is 308 g/mol. The maximum atomic E-state index is 12.4. The van der Waals surface area contributed by atoms with Crippen LogP contribution >= 0.6 is 0 Å². The molecule has 1 aliphatic rings. The van der Waals surface area contributed by atoms with Crippen LogP contribution in [0.15, 0.2) is 29.2 Å². The highest BCUT2D eigenvalue weighted by molar-refractivity contribution is 7.92. The SMILES string of the molecule is O=S(=O)(c1ccc(N2CCCNCC2)cc1)C(F)(F)F. The first-order valence-electron chi connectivity index (χ1n) is 6.19. The number of hydrogen-bond acceptors (Lipinski definition) is 4. The molecule has 112 valence electrons. The molecule has 1 aliphatic heterocycles. The molecule has 0 amide bonds. The lowest BCUT2D eigenvalue weighted by Gasteiger charge is -2.22. The second-order valence-corrected chi connectivity index (χ2v) is 6.47. The molecule has 1 fully saturated rings. The van der Waals surface area contributed by atoms with E-state index < -0.39 is 20.2 Å². The van der Waals surface area contributed by atoms with E-state index in [-0.39, 0.29) is 0 Å². The molecule has 8 heteroatoms. The Labute approximate surface area is 115 Å². The minimum Gasteiger partial charge on any atom is -0.370 e. The summed E-state index contributed by atoms with van der Waals surface area (Å²) in [7, 11) is -5.26. The summed E-state index contributed by atoms with van der Waals surface area (Å²) in [6.07, 6.45) is 0.933. The molecule has 1 aromatic rings. The molecular formula is C12H15F3N2O2S. The van der Waals surface area contributed by atoms with E-state index in [2.05, 4.69) is 5.32 Å². The predicted octanol–water partition coefficient (Wildman–Crippen LogP) is 1.78. The number of nitrogens with one attached hydrogen (secondary N) is 1. The molecule has 0 atom stereocenters. The minimum absolute atomic E-state index is 0.721. The Balaban J connectivity index is 2.22. The molecule has 0 unspecified atom stereocenters. The van der Waals surface area contributed by atoms with Crippen LogP contribution in [-0.2, 0) is 9.84 Å². The molecule has 0 spiro atoms. The number of benzene rings is 1. The standard InChI is InChI=1S/C12H15F3N2O2S/c13-12(14,15)20(18,19)11-4-2-10(3-5-11)17-8-1-6-16-7-9-17/h2-5,16H,1,6-9H2. The van der Waals surface area contributed by atoms with Crippen molar-refractivity contribution < 1.29 is 21.6 Å². The van der Waals surface area contributed by atoms with Crippen molar-refractivity contribution in [1.82, 2.24) is 5.32 Å². The van der Waals surface area contributed by atoms with Crippen molar-refractivity contribution in [2.24, 2.45) is 0 Å². The van der Waals surface area contributed by atoms with Gasteiger partial charge in [-0.1, -0.05) is 0 Å². The zero-order valence-corrected chi connectivity index (χ0v) is 11.5. The van der Waals surface area contributed by atoms with Crippen LogP contribution in [-0.4, -0.2) is 40.1 Å². The van der Waals surface area contributed by atoms with Crippen LogP contribution in [0.5, 0.6) is 0 Å². The molecule has 0 saturated carbocycles. The van der Waals surface area contributed by atoms with Crippen molar-refractivity contribution in [3.8, 4) is 0 Å². The smallest absolute Gasteiger partial charge is 0.370 e. The monoisotopic (exact) mass is 308 g/mol. The van der Waals surface area contributed by atoms with Crippen LogP contribution in [0.25, 0.3) is 0 Å². The van der Waals surface area contributed by atoms with Crippen molar-refractivity contribution >= 4 is 15.5 Å². The third kappa shape index (κ3) is 3.06. The fourth-order valence-electron chi connectivity index (χ4n) is 2.07. The molecule has 0 bridgehead atoms. The van der Waals surface area contributed by atoms with Crippen LogP contribution in [0.4, 0.5) is 18.9 Å². The summed E-state index contributed by atoms with van der Waals surface area (Å²) < 4.78 is 59.8. The zero-order chi connectivity index (χ0) is 14.8. The van der Waals surface area contributed by atoms with Gasteiger partial charge < -0.3 is 10.2 Å². The first kappa shape index (κ1) is 15.1. The third-order valence-electron chi connectivity index (χ3n) is 3.16. The van der Waals surface area contributed by atoms with Gasteiger partial charge in [-0.25, -0.2) is 8.42 Å². The zero-order valence-electron chi connectivity index (χ0n) is 10.7.